The van der Waals surface area contributed by atoms with Crippen LogP contribution in [0.4, 0.5) is 4.39 Å². The molecule has 0 spiro atoms. The maximum absolute atomic E-state index is 13.6. The van der Waals surface area contributed by atoms with Gasteiger partial charge in [-0.05, 0) is 36.6 Å². The first-order valence-corrected chi connectivity index (χ1v) is 6.60. The number of ether oxygens (including phenoxy) is 1. The highest BCUT2D eigenvalue weighted by molar-refractivity contribution is 9.10. The molecule has 0 fully saturated rings. The van der Waals surface area contributed by atoms with Crippen molar-refractivity contribution >= 4 is 15.9 Å². The Morgan fingerprint density at radius 2 is 2.18 bits per heavy atom. The summed E-state index contributed by atoms with van der Waals surface area (Å²) in [5, 5.41) is 0. The Kier molecular flexibility index (Phi) is 6.09. The Balaban J connectivity index is 2.72. The molecule has 2 unspecified atom stereocenters. The molecule has 1 aromatic carbocycles. The normalized spacial score (nSPS) is 14.6. The van der Waals surface area contributed by atoms with Gasteiger partial charge in [0.2, 0.25) is 0 Å². The van der Waals surface area contributed by atoms with Gasteiger partial charge >= 0.3 is 0 Å². The zero-order chi connectivity index (χ0) is 12.8. The zero-order valence-electron chi connectivity index (χ0n) is 10.2. The van der Waals surface area contributed by atoms with Crippen LogP contribution in [0.2, 0.25) is 0 Å². The minimum atomic E-state index is -0.213. The van der Waals surface area contributed by atoms with Crippen molar-refractivity contribution in [2.75, 3.05) is 7.11 Å². The summed E-state index contributed by atoms with van der Waals surface area (Å²) in [5.74, 6) is -0.213. The standard InChI is InChI=1S/C13H19BrFNO/c1-3-4-13(17-2)12(16)8-9-7-10(14)5-6-11(9)15/h5-7,12-13H,3-4,8,16H2,1-2H3. The Bertz CT molecular complexity index is 359. The lowest BCUT2D eigenvalue weighted by atomic mass is 9.99. The van der Waals surface area contributed by atoms with Crippen LogP contribution in [0.25, 0.3) is 0 Å². The molecule has 0 saturated heterocycles. The van der Waals surface area contributed by atoms with Gasteiger partial charge in [0, 0.05) is 17.6 Å². The first kappa shape index (κ1) is 14.6. The van der Waals surface area contributed by atoms with Gasteiger partial charge in [-0.3, -0.25) is 0 Å². The van der Waals surface area contributed by atoms with Crippen LogP contribution in [-0.4, -0.2) is 19.3 Å². The van der Waals surface area contributed by atoms with E-state index in [2.05, 4.69) is 22.9 Å². The van der Waals surface area contributed by atoms with E-state index in [-0.39, 0.29) is 18.0 Å². The predicted molar refractivity (Wildman–Crippen MR) is 71.5 cm³/mol. The molecule has 0 aliphatic heterocycles. The molecule has 2 nitrogen and oxygen atoms in total. The first-order chi connectivity index (χ1) is 8.08. The summed E-state index contributed by atoms with van der Waals surface area (Å²) in [6.45, 7) is 2.08. The molecule has 17 heavy (non-hydrogen) atoms. The lowest BCUT2D eigenvalue weighted by Crippen LogP contribution is -2.38. The van der Waals surface area contributed by atoms with Crippen molar-refractivity contribution in [1.29, 1.82) is 0 Å². The van der Waals surface area contributed by atoms with Gasteiger partial charge in [-0.1, -0.05) is 29.3 Å². The van der Waals surface area contributed by atoms with Crippen LogP contribution in [0.1, 0.15) is 25.3 Å². The van der Waals surface area contributed by atoms with Crippen molar-refractivity contribution in [3.05, 3.63) is 34.1 Å². The third-order valence-corrected chi connectivity index (χ3v) is 3.31. The largest absolute Gasteiger partial charge is 0.380 e. The molecular weight excluding hydrogens is 285 g/mol. The number of benzene rings is 1. The van der Waals surface area contributed by atoms with Gasteiger partial charge in [-0.2, -0.15) is 0 Å². The van der Waals surface area contributed by atoms with Crippen molar-refractivity contribution < 1.29 is 9.13 Å². The molecule has 0 aliphatic rings. The second-order valence-electron chi connectivity index (χ2n) is 4.17. The summed E-state index contributed by atoms with van der Waals surface area (Å²) in [4.78, 5) is 0. The van der Waals surface area contributed by atoms with E-state index in [9.17, 15) is 4.39 Å². The zero-order valence-corrected chi connectivity index (χ0v) is 11.8. The highest BCUT2D eigenvalue weighted by atomic mass is 79.9. The fraction of sp³-hybridized carbons (Fsp3) is 0.538. The SMILES string of the molecule is CCCC(OC)C(N)Cc1cc(Br)ccc1F. The summed E-state index contributed by atoms with van der Waals surface area (Å²) in [5.41, 5.74) is 6.69. The highest BCUT2D eigenvalue weighted by Crippen LogP contribution is 2.18. The highest BCUT2D eigenvalue weighted by Gasteiger charge is 2.18. The van der Waals surface area contributed by atoms with E-state index in [0.717, 1.165) is 17.3 Å². The Morgan fingerprint density at radius 3 is 2.76 bits per heavy atom. The van der Waals surface area contributed by atoms with Gasteiger partial charge in [0.1, 0.15) is 5.82 Å². The van der Waals surface area contributed by atoms with Crippen molar-refractivity contribution in [2.45, 2.75) is 38.3 Å². The summed E-state index contributed by atoms with van der Waals surface area (Å²) in [7, 11) is 1.65. The quantitative estimate of drug-likeness (QED) is 0.875. The number of hydrogen-bond acceptors (Lipinski definition) is 2. The van der Waals surface area contributed by atoms with E-state index < -0.39 is 0 Å². The maximum atomic E-state index is 13.6. The number of halogens is 2. The van der Waals surface area contributed by atoms with Gasteiger partial charge in [0.25, 0.3) is 0 Å². The molecule has 4 heteroatoms. The summed E-state index contributed by atoms with van der Waals surface area (Å²) >= 11 is 3.33. The number of nitrogens with two attached hydrogens (primary N) is 1. The van der Waals surface area contributed by atoms with Crippen LogP contribution in [-0.2, 0) is 11.2 Å². The smallest absolute Gasteiger partial charge is 0.126 e. The van der Waals surface area contributed by atoms with Crippen LogP contribution in [0.5, 0.6) is 0 Å². The molecule has 2 N–H and O–H groups in total. The van der Waals surface area contributed by atoms with Crippen molar-refractivity contribution in [3.63, 3.8) is 0 Å². The van der Waals surface area contributed by atoms with Gasteiger partial charge in [-0.25, -0.2) is 4.39 Å². The average Bonchev–Trinajstić information content (AvgIpc) is 2.30. The van der Waals surface area contributed by atoms with Gasteiger partial charge < -0.3 is 10.5 Å². The number of hydrogen-bond donors (Lipinski definition) is 1. The topological polar surface area (TPSA) is 35.2 Å². The van der Waals surface area contributed by atoms with Crippen molar-refractivity contribution in [1.82, 2.24) is 0 Å². The van der Waals surface area contributed by atoms with Crippen LogP contribution in [0, 0.1) is 5.82 Å². The second kappa shape index (κ2) is 7.09. The Labute approximate surface area is 110 Å². The van der Waals surface area contributed by atoms with E-state index in [4.69, 9.17) is 10.5 Å². The Hall–Kier alpha value is -0.450. The molecule has 0 bridgehead atoms. The fourth-order valence-electron chi connectivity index (χ4n) is 1.88. The monoisotopic (exact) mass is 303 g/mol. The minimum absolute atomic E-state index is 0.0154. The molecule has 0 aliphatic carbocycles. The first-order valence-electron chi connectivity index (χ1n) is 5.80. The van der Waals surface area contributed by atoms with Gasteiger partial charge in [0.15, 0.2) is 0 Å². The van der Waals surface area contributed by atoms with E-state index in [1.54, 1.807) is 19.2 Å². The minimum Gasteiger partial charge on any atom is -0.380 e. The average molecular weight is 304 g/mol. The van der Waals surface area contributed by atoms with E-state index in [0.29, 0.717) is 12.0 Å². The van der Waals surface area contributed by atoms with Crippen molar-refractivity contribution in [2.24, 2.45) is 5.73 Å². The molecule has 0 amide bonds. The van der Waals surface area contributed by atoms with E-state index in [1.165, 1.54) is 6.07 Å². The van der Waals surface area contributed by atoms with Crippen LogP contribution in [0.15, 0.2) is 22.7 Å². The molecule has 0 aromatic heterocycles. The lowest BCUT2D eigenvalue weighted by Gasteiger charge is -2.22. The molecule has 96 valence electrons. The molecule has 0 saturated carbocycles. The van der Waals surface area contributed by atoms with E-state index in [1.807, 2.05) is 0 Å². The van der Waals surface area contributed by atoms with Gasteiger partial charge in [-0.15, -0.1) is 0 Å². The number of methoxy groups -OCH3 is 1. The van der Waals surface area contributed by atoms with Gasteiger partial charge in [0.05, 0.1) is 6.10 Å². The molecular formula is C13H19BrFNO. The molecule has 1 rings (SSSR count). The van der Waals surface area contributed by atoms with E-state index >= 15 is 0 Å². The summed E-state index contributed by atoms with van der Waals surface area (Å²) < 4.78 is 19.8. The van der Waals surface area contributed by atoms with Crippen molar-refractivity contribution in [3.8, 4) is 0 Å². The predicted octanol–water partition coefficient (Wildman–Crippen LogP) is 3.27. The maximum Gasteiger partial charge on any atom is 0.126 e. The third kappa shape index (κ3) is 4.37. The molecule has 0 heterocycles. The van der Waals surface area contributed by atoms with Crippen LogP contribution < -0.4 is 5.73 Å². The molecule has 1 aromatic rings. The molecule has 0 radical (unpaired) electrons. The summed E-state index contributed by atoms with van der Waals surface area (Å²) in [6, 6.07) is 4.73. The Morgan fingerprint density at radius 1 is 1.47 bits per heavy atom. The van der Waals surface area contributed by atoms with Crippen LogP contribution in [0.3, 0.4) is 0 Å². The fourth-order valence-corrected chi connectivity index (χ4v) is 2.28. The summed E-state index contributed by atoms with van der Waals surface area (Å²) in [6.07, 6.45) is 2.38. The lowest BCUT2D eigenvalue weighted by molar-refractivity contribution is 0.0724. The van der Waals surface area contributed by atoms with Crippen LogP contribution >= 0.6 is 15.9 Å². The second-order valence-corrected chi connectivity index (χ2v) is 5.08. The number of rotatable bonds is 6. The molecule has 2 atom stereocenters. The third-order valence-electron chi connectivity index (χ3n) is 2.82.